The lowest BCUT2D eigenvalue weighted by Gasteiger charge is -2.30. The summed E-state index contributed by atoms with van der Waals surface area (Å²) in [4.78, 5) is 2.77. The Morgan fingerprint density at radius 3 is 3.11 bits per heavy atom. The lowest BCUT2D eigenvalue weighted by atomic mass is 10.0. The van der Waals surface area contributed by atoms with E-state index in [4.69, 9.17) is 0 Å². The van der Waals surface area contributed by atoms with Crippen molar-refractivity contribution in [3.63, 3.8) is 0 Å². The predicted molar refractivity (Wildman–Crippen MR) is 79.0 cm³/mol. The van der Waals surface area contributed by atoms with Crippen molar-refractivity contribution in [2.75, 3.05) is 19.6 Å². The monoisotopic (exact) mass is 258 g/mol. The lowest BCUT2D eigenvalue weighted by Crippen LogP contribution is -2.43. The number of allylic oxidation sites excluding steroid dienone is 2. The molecule has 19 heavy (non-hydrogen) atoms. The molecule has 3 unspecified atom stereocenters. The molecule has 0 bridgehead atoms. The second-order valence-electron chi connectivity index (χ2n) is 7.00. The van der Waals surface area contributed by atoms with Crippen LogP contribution in [0.15, 0.2) is 23.8 Å². The highest BCUT2D eigenvalue weighted by atomic mass is 15.2. The van der Waals surface area contributed by atoms with Gasteiger partial charge in [-0.3, -0.25) is 4.90 Å². The summed E-state index contributed by atoms with van der Waals surface area (Å²) in [7, 11) is 0. The summed E-state index contributed by atoms with van der Waals surface area (Å²) in [5.41, 5.74) is 1.58. The van der Waals surface area contributed by atoms with E-state index >= 15 is 0 Å². The molecule has 3 fully saturated rings. The van der Waals surface area contributed by atoms with Crippen LogP contribution >= 0.6 is 0 Å². The Kier molecular flexibility index (Phi) is 3.04. The Morgan fingerprint density at radius 2 is 2.21 bits per heavy atom. The van der Waals surface area contributed by atoms with E-state index in [0.717, 1.165) is 29.8 Å². The molecule has 0 aromatic heterocycles. The molecule has 2 aliphatic heterocycles. The molecule has 0 aromatic rings. The minimum absolute atomic E-state index is 0.767. The molecule has 2 aliphatic carbocycles. The molecule has 1 saturated carbocycles. The fourth-order valence-corrected chi connectivity index (χ4v) is 4.50. The maximum absolute atomic E-state index is 3.71. The van der Waals surface area contributed by atoms with Crippen molar-refractivity contribution in [2.45, 2.75) is 44.7 Å². The zero-order chi connectivity index (χ0) is 12.8. The molecule has 2 saturated heterocycles. The van der Waals surface area contributed by atoms with Crippen molar-refractivity contribution >= 4 is 0 Å². The summed E-state index contributed by atoms with van der Waals surface area (Å²) >= 11 is 0. The van der Waals surface area contributed by atoms with E-state index < -0.39 is 0 Å². The fraction of sp³-hybridized carbons (Fsp3) is 0.765. The van der Waals surface area contributed by atoms with Gasteiger partial charge in [-0.05, 0) is 55.7 Å². The van der Waals surface area contributed by atoms with Crippen LogP contribution in [0.1, 0.15) is 32.6 Å². The normalized spacial score (nSPS) is 45.3. The molecule has 0 aromatic carbocycles. The zero-order valence-corrected chi connectivity index (χ0v) is 12.0. The fourth-order valence-electron chi connectivity index (χ4n) is 4.50. The van der Waals surface area contributed by atoms with Gasteiger partial charge in [-0.25, -0.2) is 0 Å². The first-order valence-electron chi connectivity index (χ1n) is 8.19. The third-order valence-corrected chi connectivity index (χ3v) is 5.83. The second-order valence-corrected chi connectivity index (χ2v) is 7.00. The van der Waals surface area contributed by atoms with Gasteiger partial charge in [0.25, 0.3) is 0 Å². The van der Waals surface area contributed by atoms with Crippen LogP contribution in [-0.4, -0.2) is 36.6 Å². The summed E-state index contributed by atoms with van der Waals surface area (Å²) in [5, 5.41) is 3.71. The SMILES string of the molecule is CC1C2C=CC(CN3CCCC[C@H]4NCC[C@H]43)=CC12. The molecule has 0 spiro atoms. The third-order valence-electron chi connectivity index (χ3n) is 5.83. The Hall–Kier alpha value is -0.600. The molecule has 4 rings (SSSR count). The Labute approximate surface area is 116 Å². The average Bonchev–Trinajstić information content (AvgIpc) is 2.91. The minimum atomic E-state index is 0.767. The largest absolute Gasteiger partial charge is 0.312 e. The van der Waals surface area contributed by atoms with Gasteiger partial charge in [0.1, 0.15) is 0 Å². The van der Waals surface area contributed by atoms with Crippen LogP contribution in [0.3, 0.4) is 0 Å². The molecule has 2 heteroatoms. The first-order chi connectivity index (χ1) is 9.33. The number of likely N-dealkylation sites (tertiary alicyclic amines) is 1. The van der Waals surface area contributed by atoms with Crippen molar-refractivity contribution in [3.05, 3.63) is 23.8 Å². The maximum Gasteiger partial charge on any atom is 0.0264 e. The van der Waals surface area contributed by atoms with Gasteiger partial charge >= 0.3 is 0 Å². The highest BCUT2D eigenvalue weighted by Crippen LogP contribution is 2.50. The quantitative estimate of drug-likeness (QED) is 0.819. The van der Waals surface area contributed by atoms with Gasteiger partial charge in [0.2, 0.25) is 0 Å². The van der Waals surface area contributed by atoms with Gasteiger partial charge in [0.05, 0.1) is 0 Å². The van der Waals surface area contributed by atoms with Crippen LogP contribution in [0.25, 0.3) is 0 Å². The van der Waals surface area contributed by atoms with Crippen LogP contribution in [-0.2, 0) is 0 Å². The molecular formula is C17H26N2. The van der Waals surface area contributed by atoms with Crippen LogP contribution in [0.5, 0.6) is 0 Å². The zero-order valence-electron chi connectivity index (χ0n) is 12.0. The van der Waals surface area contributed by atoms with Crippen LogP contribution in [0.2, 0.25) is 0 Å². The smallest absolute Gasteiger partial charge is 0.0264 e. The maximum atomic E-state index is 3.71. The van der Waals surface area contributed by atoms with E-state index in [-0.39, 0.29) is 0 Å². The molecule has 4 aliphatic rings. The molecule has 104 valence electrons. The first kappa shape index (κ1) is 12.2. The van der Waals surface area contributed by atoms with E-state index in [0.29, 0.717) is 0 Å². The van der Waals surface area contributed by atoms with E-state index in [1.165, 1.54) is 45.3 Å². The Balaban J connectivity index is 1.46. The Morgan fingerprint density at radius 1 is 1.26 bits per heavy atom. The van der Waals surface area contributed by atoms with Crippen LogP contribution in [0, 0.1) is 17.8 Å². The van der Waals surface area contributed by atoms with Crippen molar-refractivity contribution in [1.82, 2.24) is 10.2 Å². The van der Waals surface area contributed by atoms with E-state index in [2.05, 4.69) is 35.4 Å². The summed E-state index contributed by atoms with van der Waals surface area (Å²) in [6.07, 6.45) is 13.0. The summed E-state index contributed by atoms with van der Waals surface area (Å²) in [5.74, 6) is 2.64. The van der Waals surface area contributed by atoms with E-state index in [1.54, 1.807) is 5.57 Å². The van der Waals surface area contributed by atoms with E-state index in [9.17, 15) is 0 Å². The van der Waals surface area contributed by atoms with Crippen molar-refractivity contribution in [3.8, 4) is 0 Å². The average molecular weight is 258 g/mol. The number of hydrogen-bond donors (Lipinski definition) is 1. The number of nitrogens with one attached hydrogen (secondary N) is 1. The molecule has 0 radical (unpaired) electrons. The first-order valence-corrected chi connectivity index (χ1v) is 8.19. The van der Waals surface area contributed by atoms with Gasteiger partial charge in [-0.2, -0.15) is 0 Å². The summed E-state index contributed by atoms with van der Waals surface area (Å²) in [6, 6.07) is 1.56. The van der Waals surface area contributed by atoms with Gasteiger partial charge in [-0.1, -0.05) is 31.6 Å². The highest BCUT2D eigenvalue weighted by Gasteiger charge is 2.44. The molecular weight excluding hydrogens is 232 g/mol. The molecule has 2 nitrogen and oxygen atoms in total. The number of rotatable bonds is 2. The number of nitrogens with zero attached hydrogens (tertiary/aromatic N) is 1. The van der Waals surface area contributed by atoms with Crippen LogP contribution in [0.4, 0.5) is 0 Å². The van der Waals surface area contributed by atoms with Gasteiger partial charge in [0.15, 0.2) is 0 Å². The van der Waals surface area contributed by atoms with Crippen molar-refractivity contribution in [2.24, 2.45) is 17.8 Å². The van der Waals surface area contributed by atoms with Gasteiger partial charge in [0, 0.05) is 18.6 Å². The predicted octanol–water partition coefficient (Wildman–Crippen LogP) is 2.58. The highest BCUT2D eigenvalue weighted by molar-refractivity contribution is 5.33. The summed E-state index contributed by atoms with van der Waals surface area (Å²) in [6.45, 7) is 6.11. The molecule has 5 atom stereocenters. The summed E-state index contributed by atoms with van der Waals surface area (Å²) < 4.78 is 0. The number of hydrogen-bond acceptors (Lipinski definition) is 2. The third kappa shape index (κ3) is 2.19. The standard InChI is InChI=1S/C17H26N2/c1-12-14-6-5-13(10-15(12)14)11-19-9-3-2-4-16-17(19)7-8-18-16/h5-6,10,12,14-18H,2-4,7-9,11H2,1H3/t12?,14?,15?,16-,17-/m1/s1. The molecule has 1 N–H and O–H groups in total. The number of fused-ring (bicyclic) bond motifs is 2. The lowest BCUT2D eigenvalue weighted by molar-refractivity contribution is 0.212. The molecule has 2 heterocycles. The minimum Gasteiger partial charge on any atom is -0.312 e. The van der Waals surface area contributed by atoms with Gasteiger partial charge in [-0.15, -0.1) is 0 Å². The van der Waals surface area contributed by atoms with Crippen molar-refractivity contribution < 1.29 is 0 Å². The molecule has 0 amide bonds. The Bertz CT molecular complexity index is 411. The topological polar surface area (TPSA) is 15.3 Å². The second kappa shape index (κ2) is 4.75. The van der Waals surface area contributed by atoms with E-state index in [1.807, 2.05) is 0 Å². The van der Waals surface area contributed by atoms with Gasteiger partial charge < -0.3 is 5.32 Å². The van der Waals surface area contributed by atoms with Crippen molar-refractivity contribution in [1.29, 1.82) is 0 Å². The van der Waals surface area contributed by atoms with Crippen LogP contribution < -0.4 is 5.32 Å².